The number of likely N-dealkylation sites (tertiary alicyclic amines) is 1. The third-order valence-corrected chi connectivity index (χ3v) is 3.81. The van der Waals surface area contributed by atoms with Gasteiger partial charge in [-0.05, 0) is 36.9 Å². The average molecular weight is 269 g/mol. The van der Waals surface area contributed by atoms with E-state index in [4.69, 9.17) is 0 Å². The maximum Gasteiger partial charge on any atom is 0.0667 e. The number of para-hydroxylation sites is 1. The summed E-state index contributed by atoms with van der Waals surface area (Å²) in [6, 6.07) is 6.57. The Kier molecular flexibility index (Phi) is 4.49. The summed E-state index contributed by atoms with van der Waals surface area (Å²) in [6.45, 7) is 3.96. The zero-order chi connectivity index (χ0) is 11.7. The van der Waals surface area contributed by atoms with Gasteiger partial charge in [-0.1, -0.05) is 18.2 Å². The van der Waals surface area contributed by atoms with Crippen LogP contribution in [0, 0.1) is 0 Å². The van der Waals surface area contributed by atoms with Crippen molar-refractivity contribution in [3.8, 4) is 0 Å². The molecule has 1 fully saturated rings. The number of nitrogens with zero attached hydrogens (tertiary/aromatic N) is 1. The summed E-state index contributed by atoms with van der Waals surface area (Å²) in [5, 5.41) is 13.2. The van der Waals surface area contributed by atoms with Crippen molar-refractivity contribution in [2.24, 2.45) is 0 Å². The minimum Gasteiger partial charge on any atom is -0.392 e. The molecule has 0 bridgehead atoms. The second-order valence-electron chi connectivity index (χ2n) is 5.16. The molecule has 3 rings (SSSR count). The van der Waals surface area contributed by atoms with Gasteiger partial charge in [0.25, 0.3) is 0 Å². The first-order chi connectivity index (χ1) is 8.33. The number of benzene rings is 1. The molecule has 0 aromatic heterocycles. The van der Waals surface area contributed by atoms with Gasteiger partial charge in [0.1, 0.15) is 0 Å². The summed E-state index contributed by atoms with van der Waals surface area (Å²) in [5.74, 6) is 0. The van der Waals surface area contributed by atoms with Crippen molar-refractivity contribution in [1.82, 2.24) is 4.90 Å². The first-order valence-electron chi connectivity index (χ1n) is 6.58. The molecule has 2 heterocycles. The number of β-amino-alcohol motifs (C(OH)–C–C–N with tert-alkyl or cyclic N) is 1. The SMILES string of the molecule is Cl.O[C@H]1CCCN(Cc2cccc3c2NCC3)C1. The van der Waals surface area contributed by atoms with Gasteiger partial charge in [0, 0.05) is 25.3 Å². The highest BCUT2D eigenvalue weighted by Gasteiger charge is 2.20. The number of fused-ring (bicyclic) bond motifs is 1. The van der Waals surface area contributed by atoms with E-state index in [2.05, 4.69) is 28.4 Å². The van der Waals surface area contributed by atoms with Crippen LogP contribution < -0.4 is 5.32 Å². The van der Waals surface area contributed by atoms with Crippen molar-refractivity contribution >= 4 is 18.1 Å². The normalized spacial score (nSPS) is 23.1. The third-order valence-electron chi connectivity index (χ3n) is 3.81. The minimum atomic E-state index is -0.131. The molecule has 100 valence electrons. The second kappa shape index (κ2) is 5.91. The van der Waals surface area contributed by atoms with Crippen LogP contribution in [-0.2, 0) is 13.0 Å². The lowest BCUT2D eigenvalue weighted by Gasteiger charge is -2.30. The Bertz CT molecular complexity index is 411. The minimum absolute atomic E-state index is 0. The van der Waals surface area contributed by atoms with Crippen LogP contribution in [0.25, 0.3) is 0 Å². The fourth-order valence-corrected chi connectivity index (χ4v) is 2.96. The van der Waals surface area contributed by atoms with Gasteiger partial charge in [-0.3, -0.25) is 4.90 Å². The Labute approximate surface area is 115 Å². The third kappa shape index (κ3) is 2.79. The van der Waals surface area contributed by atoms with E-state index in [1.54, 1.807) is 0 Å². The number of halogens is 1. The molecule has 2 aliphatic heterocycles. The van der Waals surface area contributed by atoms with E-state index in [9.17, 15) is 5.11 Å². The molecule has 0 unspecified atom stereocenters. The lowest BCUT2D eigenvalue weighted by molar-refractivity contribution is 0.0669. The highest BCUT2D eigenvalue weighted by Crippen LogP contribution is 2.28. The lowest BCUT2D eigenvalue weighted by atomic mass is 10.0. The lowest BCUT2D eigenvalue weighted by Crippen LogP contribution is -2.37. The van der Waals surface area contributed by atoms with Crippen LogP contribution in [0.4, 0.5) is 5.69 Å². The van der Waals surface area contributed by atoms with Crippen molar-refractivity contribution in [3.05, 3.63) is 29.3 Å². The summed E-state index contributed by atoms with van der Waals surface area (Å²) in [4.78, 5) is 2.36. The number of aliphatic hydroxyl groups is 1. The van der Waals surface area contributed by atoms with Crippen molar-refractivity contribution in [2.45, 2.75) is 31.9 Å². The number of hydrogen-bond donors (Lipinski definition) is 2. The van der Waals surface area contributed by atoms with E-state index in [1.807, 2.05) is 0 Å². The molecule has 0 saturated carbocycles. The maximum absolute atomic E-state index is 9.69. The molecule has 1 aromatic rings. The van der Waals surface area contributed by atoms with Crippen LogP contribution >= 0.6 is 12.4 Å². The molecule has 18 heavy (non-hydrogen) atoms. The Morgan fingerprint density at radius 3 is 3.11 bits per heavy atom. The van der Waals surface area contributed by atoms with Crippen LogP contribution in [0.2, 0.25) is 0 Å². The summed E-state index contributed by atoms with van der Waals surface area (Å²) < 4.78 is 0. The summed E-state index contributed by atoms with van der Waals surface area (Å²) >= 11 is 0. The number of nitrogens with one attached hydrogen (secondary N) is 1. The Hall–Kier alpha value is -0.770. The zero-order valence-corrected chi connectivity index (χ0v) is 11.4. The molecule has 3 nitrogen and oxygen atoms in total. The van der Waals surface area contributed by atoms with Crippen LogP contribution in [0.15, 0.2) is 18.2 Å². The average Bonchev–Trinajstić information content (AvgIpc) is 2.78. The summed E-state index contributed by atoms with van der Waals surface area (Å²) in [6.07, 6.45) is 3.09. The second-order valence-corrected chi connectivity index (χ2v) is 5.16. The molecule has 0 spiro atoms. The number of piperidine rings is 1. The van der Waals surface area contributed by atoms with Crippen LogP contribution in [0.5, 0.6) is 0 Å². The van der Waals surface area contributed by atoms with Crippen molar-refractivity contribution in [3.63, 3.8) is 0 Å². The molecule has 2 N–H and O–H groups in total. The molecular weight excluding hydrogens is 248 g/mol. The predicted molar refractivity (Wildman–Crippen MR) is 76.4 cm³/mol. The van der Waals surface area contributed by atoms with Crippen LogP contribution in [0.3, 0.4) is 0 Å². The van der Waals surface area contributed by atoms with E-state index in [0.717, 1.165) is 45.4 Å². The number of hydrogen-bond acceptors (Lipinski definition) is 3. The number of aliphatic hydroxyl groups excluding tert-OH is 1. The quantitative estimate of drug-likeness (QED) is 0.862. The predicted octanol–water partition coefficient (Wildman–Crippen LogP) is 2.03. The van der Waals surface area contributed by atoms with Gasteiger partial charge in [0.05, 0.1) is 6.10 Å². The Morgan fingerprint density at radius 2 is 2.28 bits per heavy atom. The Balaban J connectivity index is 0.00000120. The van der Waals surface area contributed by atoms with E-state index in [-0.39, 0.29) is 18.5 Å². The van der Waals surface area contributed by atoms with Crippen molar-refractivity contribution in [2.75, 3.05) is 25.0 Å². The van der Waals surface area contributed by atoms with Gasteiger partial charge in [-0.15, -0.1) is 12.4 Å². The van der Waals surface area contributed by atoms with E-state index >= 15 is 0 Å². The van der Waals surface area contributed by atoms with Crippen LogP contribution in [-0.4, -0.2) is 35.7 Å². The molecule has 0 radical (unpaired) electrons. The highest BCUT2D eigenvalue weighted by molar-refractivity contribution is 5.85. The molecule has 1 saturated heterocycles. The molecule has 1 aromatic carbocycles. The highest BCUT2D eigenvalue weighted by atomic mass is 35.5. The van der Waals surface area contributed by atoms with Gasteiger partial charge in [0.15, 0.2) is 0 Å². The van der Waals surface area contributed by atoms with Gasteiger partial charge in [-0.2, -0.15) is 0 Å². The van der Waals surface area contributed by atoms with E-state index in [0.29, 0.717) is 0 Å². The van der Waals surface area contributed by atoms with Gasteiger partial charge < -0.3 is 10.4 Å². The van der Waals surface area contributed by atoms with Gasteiger partial charge in [0.2, 0.25) is 0 Å². The largest absolute Gasteiger partial charge is 0.392 e. The number of anilines is 1. The Morgan fingerprint density at radius 1 is 1.39 bits per heavy atom. The summed E-state index contributed by atoms with van der Waals surface area (Å²) in [7, 11) is 0. The first kappa shape index (κ1) is 13.7. The molecule has 0 amide bonds. The van der Waals surface area contributed by atoms with Crippen LogP contribution in [0.1, 0.15) is 24.0 Å². The topological polar surface area (TPSA) is 35.5 Å². The van der Waals surface area contributed by atoms with Crippen molar-refractivity contribution in [1.29, 1.82) is 0 Å². The van der Waals surface area contributed by atoms with Gasteiger partial charge >= 0.3 is 0 Å². The fraction of sp³-hybridized carbons (Fsp3) is 0.571. The molecule has 4 heteroatoms. The standard InChI is InChI=1S/C14H20N2O.ClH/c17-13-5-2-8-16(10-13)9-12-4-1-3-11-6-7-15-14(11)12;/h1,3-4,13,15,17H,2,5-10H2;1H/t13-;/m0./s1. The first-order valence-corrected chi connectivity index (χ1v) is 6.58. The zero-order valence-electron chi connectivity index (χ0n) is 10.6. The molecule has 0 aliphatic carbocycles. The number of rotatable bonds is 2. The van der Waals surface area contributed by atoms with Gasteiger partial charge in [-0.25, -0.2) is 0 Å². The van der Waals surface area contributed by atoms with E-state index in [1.165, 1.54) is 16.8 Å². The molecule has 2 aliphatic rings. The van der Waals surface area contributed by atoms with E-state index < -0.39 is 0 Å². The monoisotopic (exact) mass is 268 g/mol. The maximum atomic E-state index is 9.69. The molecule has 1 atom stereocenters. The fourth-order valence-electron chi connectivity index (χ4n) is 2.96. The van der Waals surface area contributed by atoms with Crippen molar-refractivity contribution < 1.29 is 5.11 Å². The summed E-state index contributed by atoms with van der Waals surface area (Å²) in [5.41, 5.74) is 4.17. The molecular formula is C14H21ClN2O. The smallest absolute Gasteiger partial charge is 0.0667 e.